The minimum atomic E-state index is -4.69. The van der Waals surface area contributed by atoms with Crippen LogP contribution in [0, 0.1) is 0 Å². The summed E-state index contributed by atoms with van der Waals surface area (Å²) in [6.45, 7) is 1.78. The predicted octanol–water partition coefficient (Wildman–Crippen LogP) is 4.50. The van der Waals surface area contributed by atoms with E-state index in [1.807, 2.05) is 30.3 Å². The van der Waals surface area contributed by atoms with E-state index >= 15 is 0 Å². The van der Waals surface area contributed by atoms with Crippen molar-refractivity contribution in [3.63, 3.8) is 0 Å². The van der Waals surface area contributed by atoms with Crippen molar-refractivity contribution in [1.82, 2.24) is 19.9 Å². The number of aromatic nitrogens is 3. The lowest BCUT2D eigenvalue weighted by atomic mass is 10.1. The van der Waals surface area contributed by atoms with Gasteiger partial charge in [-0.25, -0.2) is 9.50 Å². The van der Waals surface area contributed by atoms with Crippen molar-refractivity contribution in [2.75, 3.05) is 0 Å². The Balaban J connectivity index is 1.77. The van der Waals surface area contributed by atoms with Crippen molar-refractivity contribution in [2.24, 2.45) is 0 Å². The van der Waals surface area contributed by atoms with Crippen molar-refractivity contribution in [1.29, 1.82) is 0 Å². The molecule has 1 atom stereocenters. The molecule has 1 aromatic carbocycles. The molecule has 0 saturated heterocycles. The Labute approximate surface area is 163 Å². The molecule has 0 fully saturated rings. The Morgan fingerprint density at radius 3 is 2.59 bits per heavy atom. The van der Waals surface area contributed by atoms with E-state index in [9.17, 15) is 18.0 Å². The Hall–Kier alpha value is -3.62. The second kappa shape index (κ2) is 7.08. The highest BCUT2D eigenvalue weighted by molar-refractivity contribution is 6.00. The van der Waals surface area contributed by atoms with Gasteiger partial charge in [0.1, 0.15) is 11.3 Å². The highest BCUT2D eigenvalue weighted by Crippen LogP contribution is 2.32. The first-order chi connectivity index (χ1) is 13.8. The maximum Gasteiger partial charge on any atom is 0.433 e. The standard InChI is InChI=1S/C20H15F3N4O2/c1-12(13-6-3-2-4-7-13)25-19(28)14-11-24-27-17(20(21,22)23)10-15(26-18(14)27)16-8-5-9-29-16/h2-12H,1H3,(H,25,28)/t12-/m1/s1. The zero-order valence-corrected chi connectivity index (χ0v) is 15.1. The molecule has 1 amide bonds. The molecule has 0 aliphatic carbocycles. The summed E-state index contributed by atoms with van der Waals surface area (Å²) in [6.07, 6.45) is -2.28. The number of nitrogens with one attached hydrogen (secondary N) is 1. The number of halogens is 3. The van der Waals surface area contributed by atoms with Gasteiger partial charge in [0.05, 0.1) is 18.5 Å². The van der Waals surface area contributed by atoms with Crippen LogP contribution in [0.5, 0.6) is 0 Å². The molecule has 0 saturated carbocycles. The van der Waals surface area contributed by atoms with Gasteiger partial charge in [-0.1, -0.05) is 30.3 Å². The van der Waals surface area contributed by atoms with Crippen LogP contribution in [0.15, 0.2) is 65.4 Å². The lowest BCUT2D eigenvalue weighted by Gasteiger charge is -2.14. The number of amides is 1. The third-order valence-electron chi connectivity index (χ3n) is 4.43. The van der Waals surface area contributed by atoms with E-state index in [0.717, 1.165) is 17.8 Å². The number of carbonyl (C=O) groups is 1. The minimum Gasteiger partial charge on any atom is -0.463 e. The zero-order chi connectivity index (χ0) is 20.6. The molecule has 0 aliphatic rings. The van der Waals surface area contributed by atoms with E-state index in [0.29, 0.717) is 4.52 Å². The lowest BCUT2D eigenvalue weighted by Crippen LogP contribution is -2.26. The smallest absolute Gasteiger partial charge is 0.433 e. The predicted molar refractivity (Wildman–Crippen MR) is 98.0 cm³/mol. The van der Waals surface area contributed by atoms with E-state index in [-0.39, 0.29) is 28.7 Å². The molecule has 0 bridgehead atoms. The molecule has 0 unspecified atom stereocenters. The highest BCUT2D eigenvalue weighted by Gasteiger charge is 2.36. The van der Waals surface area contributed by atoms with Crippen LogP contribution in [-0.4, -0.2) is 20.5 Å². The molecule has 0 spiro atoms. The maximum absolute atomic E-state index is 13.6. The molecule has 9 heteroatoms. The van der Waals surface area contributed by atoms with Gasteiger partial charge in [0, 0.05) is 0 Å². The first kappa shape index (κ1) is 18.7. The SMILES string of the molecule is C[C@@H](NC(=O)c1cnn2c(C(F)(F)F)cc(-c3ccco3)nc12)c1ccccc1. The summed E-state index contributed by atoms with van der Waals surface area (Å²) >= 11 is 0. The molecule has 6 nitrogen and oxygen atoms in total. The lowest BCUT2D eigenvalue weighted by molar-refractivity contribution is -0.142. The van der Waals surface area contributed by atoms with Crippen molar-refractivity contribution in [3.05, 3.63) is 77.8 Å². The van der Waals surface area contributed by atoms with Gasteiger partial charge in [-0.3, -0.25) is 4.79 Å². The Morgan fingerprint density at radius 1 is 1.17 bits per heavy atom. The third kappa shape index (κ3) is 3.58. The summed E-state index contributed by atoms with van der Waals surface area (Å²) in [5.41, 5.74) is -0.502. The van der Waals surface area contributed by atoms with Gasteiger partial charge >= 0.3 is 6.18 Å². The molecule has 148 valence electrons. The Bertz CT molecular complexity index is 1150. The number of nitrogens with zero attached hydrogens (tertiary/aromatic N) is 3. The fraction of sp³-hybridized carbons (Fsp3) is 0.150. The highest BCUT2D eigenvalue weighted by atomic mass is 19.4. The average molecular weight is 400 g/mol. The van der Waals surface area contributed by atoms with Crippen LogP contribution < -0.4 is 5.32 Å². The topological polar surface area (TPSA) is 72.4 Å². The second-order valence-corrected chi connectivity index (χ2v) is 6.40. The third-order valence-corrected chi connectivity index (χ3v) is 4.43. The fourth-order valence-corrected chi connectivity index (χ4v) is 2.97. The van der Waals surface area contributed by atoms with Crippen molar-refractivity contribution in [3.8, 4) is 11.5 Å². The summed E-state index contributed by atoms with van der Waals surface area (Å²) in [6, 6.07) is 12.7. The van der Waals surface area contributed by atoms with Crippen LogP contribution in [0.3, 0.4) is 0 Å². The molecule has 4 aromatic rings. The molecular formula is C20H15F3N4O2. The van der Waals surface area contributed by atoms with Crippen LogP contribution in [-0.2, 0) is 6.18 Å². The first-order valence-electron chi connectivity index (χ1n) is 8.70. The number of rotatable bonds is 4. The number of furan rings is 1. The van der Waals surface area contributed by atoms with E-state index in [2.05, 4.69) is 15.4 Å². The van der Waals surface area contributed by atoms with Gasteiger partial charge in [-0.2, -0.15) is 18.3 Å². The minimum absolute atomic E-state index is 0.0412. The molecular weight excluding hydrogens is 385 g/mol. The molecule has 0 aliphatic heterocycles. The molecule has 3 heterocycles. The number of benzene rings is 1. The van der Waals surface area contributed by atoms with E-state index < -0.39 is 17.8 Å². The van der Waals surface area contributed by atoms with Crippen LogP contribution in [0.25, 0.3) is 17.1 Å². The van der Waals surface area contributed by atoms with Gasteiger partial charge < -0.3 is 9.73 Å². The second-order valence-electron chi connectivity index (χ2n) is 6.40. The van der Waals surface area contributed by atoms with Gasteiger partial charge in [-0.05, 0) is 30.7 Å². The Kier molecular flexibility index (Phi) is 4.57. The Morgan fingerprint density at radius 2 is 1.93 bits per heavy atom. The van der Waals surface area contributed by atoms with E-state index in [1.165, 1.54) is 12.3 Å². The first-order valence-corrected chi connectivity index (χ1v) is 8.70. The normalized spacial score (nSPS) is 12.8. The largest absolute Gasteiger partial charge is 0.463 e. The van der Waals surface area contributed by atoms with Crippen molar-refractivity contribution >= 4 is 11.6 Å². The number of carbonyl (C=O) groups excluding carboxylic acids is 1. The molecule has 1 N–H and O–H groups in total. The fourth-order valence-electron chi connectivity index (χ4n) is 2.97. The van der Waals surface area contributed by atoms with Gasteiger partial charge in [0.25, 0.3) is 5.91 Å². The van der Waals surface area contributed by atoms with Gasteiger partial charge in [-0.15, -0.1) is 0 Å². The molecule has 3 aromatic heterocycles. The van der Waals surface area contributed by atoms with Crippen LogP contribution in [0.4, 0.5) is 13.2 Å². The van der Waals surface area contributed by atoms with Crippen LogP contribution >= 0.6 is 0 Å². The average Bonchev–Trinajstić information content (AvgIpc) is 3.37. The quantitative estimate of drug-likeness (QED) is 0.548. The summed E-state index contributed by atoms with van der Waals surface area (Å²) in [4.78, 5) is 17.0. The maximum atomic E-state index is 13.6. The van der Waals surface area contributed by atoms with Crippen LogP contribution in [0.1, 0.15) is 34.6 Å². The van der Waals surface area contributed by atoms with Crippen LogP contribution in [0.2, 0.25) is 0 Å². The summed E-state index contributed by atoms with van der Waals surface area (Å²) in [7, 11) is 0. The number of fused-ring (bicyclic) bond motifs is 1. The van der Waals surface area contributed by atoms with Crippen molar-refractivity contribution in [2.45, 2.75) is 19.1 Å². The van der Waals surface area contributed by atoms with E-state index in [4.69, 9.17) is 4.42 Å². The van der Waals surface area contributed by atoms with Gasteiger partial charge in [0.15, 0.2) is 17.1 Å². The van der Waals surface area contributed by atoms with Crippen molar-refractivity contribution < 1.29 is 22.4 Å². The molecule has 29 heavy (non-hydrogen) atoms. The van der Waals surface area contributed by atoms with Gasteiger partial charge in [0.2, 0.25) is 0 Å². The summed E-state index contributed by atoms with van der Waals surface area (Å²) in [5.74, 6) is -0.420. The van der Waals surface area contributed by atoms with E-state index in [1.54, 1.807) is 13.0 Å². The molecule has 0 radical (unpaired) electrons. The summed E-state index contributed by atoms with van der Waals surface area (Å²) in [5, 5.41) is 6.52. The zero-order valence-electron chi connectivity index (χ0n) is 15.1. The monoisotopic (exact) mass is 400 g/mol. The number of alkyl halides is 3. The summed E-state index contributed by atoms with van der Waals surface area (Å²) < 4.78 is 46.5. The molecule has 4 rings (SSSR count). The number of hydrogen-bond donors (Lipinski definition) is 1. The number of hydrogen-bond acceptors (Lipinski definition) is 4.